The quantitative estimate of drug-likeness (QED) is 0.903. The van der Waals surface area contributed by atoms with E-state index in [0.29, 0.717) is 6.61 Å². The van der Waals surface area contributed by atoms with Crippen molar-refractivity contribution in [3.05, 3.63) is 34.1 Å². The molecule has 90 valence electrons. The van der Waals surface area contributed by atoms with Gasteiger partial charge in [0.15, 0.2) is 0 Å². The van der Waals surface area contributed by atoms with Gasteiger partial charge in [-0.15, -0.1) is 0 Å². The van der Waals surface area contributed by atoms with Crippen LogP contribution in [-0.2, 0) is 4.74 Å². The SMILES string of the molecule is COCCC(C)C(N)c1cc(F)cc(Br)c1. The van der Waals surface area contributed by atoms with Crippen LogP contribution in [0.2, 0.25) is 0 Å². The Kier molecular flexibility index (Phi) is 5.38. The predicted octanol–water partition coefficient (Wildman–Crippen LogP) is 3.26. The zero-order valence-electron chi connectivity index (χ0n) is 9.54. The Hall–Kier alpha value is -0.450. The molecule has 0 aromatic heterocycles. The predicted molar refractivity (Wildman–Crippen MR) is 66.7 cm³/mol. The summed E-state index contributed by atoms with van der Waals surface area (Å²) in [5.41, 5.74) is 6.89. The lowest BCUT2D eigenvalue weighted by Crippen LogP contribution is -2.20. The molecule has 1 rings (SSSR count). The van der Waals surface area contributed by atoms with Crippen molar-refractivity contribution in [3.63, 3.8) is 0 Å². The Morgan fingerprint density at radius 3 is 2.69 bits per heavy atom. The van der Waals surface area contributed by atoms with Gasteiger partial charge in [0.25, 0.3) is 0 Å². The number of hydrogen-bond donors (Lipinski definition) is 1. The summed E-state index contributed by atoms with van der Waals surface area (Å²) in [5.74, 6) is -0.00702. The van der Waals surface area contributed by atoms with Crippen molar-refractivity contribution in [1.29, 1.82) is 0 Å². The third kappa shape index (κ3) is 3.85. The van der Waals surface area contributed by atoms with E-state index in [9.17, 15) is 4.39 Å². The van der Waals surface area contributed by atoms with E-state index in [-0.39, 0.29) is 17.8 Å². The Balaban J connectivity index is 2.74. The van der Waals surface area contributed by atoms with Crippen LogP contribution in [0.5, 0.6) is 0 Å². The lowest BCUT2D eigenvalue weighted by molar-refractivity contribution is 0.174. The fourth-order valence-electron chi connectivity index (χ4n) is 1.58. The van der Waals surface area contributed by atoms with Gasteiger partial charge in [0.1, 0.15) is 5.82 Å². The minimum Gasteiger partial charge on any atom is -0.385 e. The minimum absolute atomic E-state index is 0.165. The van der Waals surface area contributed by atoms with Gasteiger partial charge in [-0.3, -0.25) is 0 Å². The summed E-state index contributed by atoms with van der Waals surface area (Å²) < 4.78 is 18.9. The molecule has 2 N–H and O–H groups in total. The number of rotatable bonds is 5. The monoisotopic (exact) mass is 289 g/mol. The fraction of sp³-hybridized carbons (Fsp3) is 0.500. The van der Waals surface area contributed by atoms with Crippen molar-refractivity contribution in [1.82, 2.24) is 0 Å². The van der Waals surface area contributed by atoms with E-state index in [0.717, 1.165) is 16.5 Å². The van der Waals surface area contributed by atoms with Gasteiger partial charge < -0.3 is 10.5 Å². The van der Waals surface area contributed by atoms with Crippen molar-refractivity contribution in [2.45, 2.75) is 19.4 Å². The Labute approximate surface area is 104 Å². The lowest BCUT2D eigenvalue weighted by atomic mass is 9.93. The molecule has 2 atom stereocenters. The van der Waals surface area contributed by atoms with E-state index in [2.05, 4.69) is 15.9 Å². The Morgan fingerprint density at radius 1 is 1.44 bits per heavy atom. The van der Waals surface area contributed by atoms with Gasteiger partial charge in [0, 0.05) is 24.2 Å². The van der Waals surface area contributed by atoms with Gasteiger partial charge in [-0.05, 0) is 36.1 Å². The van der Waals surface area contributed by atoms with Gasteiger partial charge in [-0.25, -0.2) is 4.39 Å². The summed E-state index contributed by atoms with van der Waals surface area (Å²) in [6, 6.07) is 4.60. The number of benzene rings is 1. The Bertz CT molecular complexity index is 326. The lowest BCUT2D eigenvalue weighted by Gasteiger charge is -2.20. The molecule has 1 aromatic rings. The number of nitrogens with two attached hydrogens (primary N) is 1. The summed E-state index contributed by atoms with van der Waals surface area (Å²) in [6.45, 7) is 2.72. The van der Waals surface area contributed by atoms with Crippen LogP contribution in [0.4, 0.5) is 4.39 Å². The summed E-state index contributed by atoms with van der Waals surface area (Å²) >= 11 is 3.26. The maximum Gasteiger partial charge on any atom is 0.124 e. The molecule has 16 heavy (non-hydrogen) atoms. The molecule has 0 aliphatic heterocycles. The molecule has 0 bridgehead atoms. The van der Waals surface area contributed by atoms with Crippen molar-refractivity contribution in [2.75, 3.05) is 13.7 Å². The highest BCUT2D eigenvalue weighted by atomic mass is 79.9. The largest absolute Gasteiger partial charge is 0.385 e. The summed E-state index contributed by atoms with van der Waals surface area (Å²) in [7, 11) is 1.66. The second-order valence-electron chi connectivity index (χ2n) is 3.99. The van der Waals surface area contributed by atoms with Gasteiger partial charge >= 0.3 is 0 Å². The number of ether oxygens (including phenoxy) is 1. The van der Waals surface area contributed by atoms with Crippen LogP contribution in [0.15, 0.2) is 22.7 Å². The molecule has 1 aromatic carbocycles. The van der Waals surface area contributed by atoms with Crippen LogP contribution >= 0.6 is 15.9 Å². The molecule has 0 aliphatic carbocycles. The first kappa shape index (κ1) is 13.6. The maximum absolute atomic E-state index is 13.2. The molecule has 2 unspecified atom stereocenters. The van der Waals surface area contributed by atoms with Crippen LogP contribution in [0.3, 0.4) is 0 Å². The second kappa shape index (κ2) is 6.33. The smallest absolute Gasteiger partial charge is 0.124 e. The normalized spacial score (nSPS) is 14.8. The van der Waals surface area contributed by atoms with Gasteiger partial charge in [0.2, 0.25) is 0 Å². The fourth-order valence-corrected chi connectivity index (χ4v) is 2.06. The molecule has 0 saturated heterocycles. The topological polar surface area (TPSA) is 35.2 Å². The van der Waals surface area contributed by atoms with E-state index in [1.54, 1.807) is 7.11 Å². The van der Waals surface area contributed by atoms with Crippen LogP contribution in [0, 0.1) is 11.7 Å². The zero-order chi connectivity index (χ0) is 12.1. The van der Waals surface area contributed by atoms with Crippen LogP contribution in [-0.4, -0.2) is 13.7 Å². The molecule has 0 radical (unpaired) electrons. The molecule has 0 saturated carbocycles. The second-order valence-corrected chi connectivity index (χ2v) is 4.90. The van der Waals surface area contributed by atoms with E-state index >= 15 is 0 Å². The minimum atomic E-state index is -0.265. The van der Waals surface area contributed by atoms with Crippen LogP contribution < -0.4 is 5.73 Å². The van der Waals surface area contributed by atoms with Crippen molar-refractivity contribution in [2.24, 2.45) is 11.7 Å². The molecule has 0 fully saturated rings. The molecule has 0 heterocycles. The molecule has 0 aliphatic rings. The highest BCUT2D eigenvalue weighted by molar-refractivity contribution is 9.10. The summed E-state index contributed by atoms with van der Waals surface area (Å²) in [5, 5.41) is 0. The third-order valence-electron chi connectivity index (χ3n) is 2.66. The average molecular weight is 290 g/mol. The van der Waals surface area contributed by atoms with E-state index in [4.69, 9.17) is 10.5 Å². The molecule has 0 amide bonds. The third-order valence-corrected chi connectivity index (χ3v) is 3.12. The summed E-state index contributed by atoms with van der Waals surface area (Å²) in [4.78, 5) is 0. The number of halogens is 2. The number of methoxy groups -OCH3 is 1. The first-order chi connectivity index (χ1) is 7.54. The molecule has 0 spiro atoms. The molecular weight excluding hydrogens is 273 g/mol. The first-order valence-corrected chi connectivity index (χ1v) is 6.04. The van der Waals surface area contributed by atoms with Gasteiger partial charge in [-0.2, -0.15) is 0 Å². The van der Waals surface area contributed by atoms with E-state index in [1.807, 2.05) is 13.0 Å². The highest BCUT2D eigenvalue weighted by Gasteiger charge is 2.15. The van der Waals surface area contributed by atoms with Crippen molar-refractivity contribution in [3.8, 4) is 0 Å². The van der Waals surface area contributed by atoms with Gasteiger partial charge in [-0.1, -0.05) is 22.9 Å². The van der Waals surface area contributed by atoms with Gasteiger partial charge in [0.05, 0.1) is 0 Å². The van der Waals surface area contributed by atoms with Crippen molar-refractivity contribution >= 4 is 15.9 Å². The molecule has 2 nitrogen and oxygen atoms in total. The summed E-state index contributed by atoms with van der Waals surface area (Å²) in [6.07, 6.45) is 0.867. The Morgan fingerprint density at radius 2 is 2.12 bits per heavy atom. The van der Waals surface area contributed by atoms with E-state index in [1.165, 1.54) is 12.1 Å². The first-order valence-electron chi connectivity index (χ1n) is 5.25. The standard InChI is InChI=1S/C12H17BrFNO/c1-8(3-4-16-2)12(15)9-5-10(13)7-11(14)6-9/h5-8,12H,3-4,15H2,1-2H3. The van der Waals surface area contributed by atoms with E-state index < -0.39 is 0 Å². The maximum atomic E-state index is 13.2. The highest BCUT2D eigenvalue weighted by Crippen LogP contribution is 2.25. The zero-order valence-corrected chi connectivity index (χ0v) is 11.1. The number of hydrogen-bond acceptors (Lipinski definition) is 2. The molecular formula is C12H17BrFNO. The van der Waals surface area contributed by atoms with Crippen molar-refractivity contribution < 1.29 is 9.13 Å². The molecule has 4 heteroatoms. The van der Waals surface area contributed by atoms with Crippen LogP contribution in [0.1, 0.15) is 24.9 Å². The average Bonchev–Trinajstić information content (AvgIpc) is 2.23. The van der Waals surface area contributed by atoms with Crippen LogP contribution in [0.25, 0.3) is 0 Å².